The third kappa shape index (κ3) is 9.15. The minimum atomic E-state index is -1.55. The predicted octanol–water partition coefficient (Wildman–Crippen LogP) is 6.05. The molecule has 42 heavy (non-hydrogen) atoms. The molecule has 1 atom stereocenters. The lowest BCUT2D eigenvalue weighted by Gasteiger charge is -2.32. The van der Waals surface area contributed by atoms with E-state index >= 15 is 0 Å². The molecule has 3 heterocycles. The van der Waals surface area contributed by atoms with Gasteiger partial charge < -0.3 is 24.8 Å². The first-order chi connectivity index (χ1) is 19.8. The highest BCUT2D eigenvalue weighted by molar-refractivity contribution is 7.89. The summed E-state index contributed by atoms with van der Waals surface area (Å²) in [5.41, 5.74) is 1.14. The van der Waals surface area contributed by atoms with E-state index in [0.717, 1.165) is 34.0 Å². The van der Waals surface area contributed by atoms with Crippen molar-refractivity contribution in [3.63, 3.8) is 0 Å². The lowest BCUT2D eigenvalue weighted by Crippen LogP contribution is -2.41. The van der Waals surface area contributed by atoms with Gasteiger partial charge in [-0.15, -0.1) is 16.1 Å². The number of amides is 3. The fourth-order valence-corrected chi connectivity index (χ4v) is 6.84. The molecule has 3 amide bonds. The molecule has 226 valence electrons. The van der Waals surface area contributed by atoms with E-state index in [1.54, 1.807) is 34.6 Å². The molecule has 2 aromatic heterocycles. The highest BCUT2D eigenvalue weighted by Gasteiger charge is 2.30. The van der Waals surface area contributed by atoms with E-state index in [2.05, 4.69) is 20.3 Å². The number of carbonyl (C=O) groups is 2. The molecule has 4 rings (SSSR count). The van der Waals surface area contributed by atoms with Crippen molar-refractivity contribution < 1.29 is 18.9 Å². The molecule has 0 aliphatic carbocycles. The van der Waals surface area contributed by atoms with Crippen molar-refractivity contribution in [1.82, 2.24) is 24.9 Å². The quantitative estimate of drug-likeness (QED) is 0.277. The summed E-state index contributed by atoms with van der Waals surface area (Å²) in [4.78, 5) is 37.2. The van der Waals surface area contributed by atoms with Gasteiger partial charge in [0, 0.05) is 43.2 Å². The van der Waals surface area contributed by atoms with E-state index in [4.69, 9.17) is 9.72 Å². The average molecular weight is 613 g/mol. The number of thiazole rings is 1. The standard InChI is InChI=1S/C30H40N6O4S2/c1-29(2,3)35-42(39)25-17-21(34-27(37)33-18-22-9-7-8-14-31-22)10-11-23(25)24-19-32-26(41-24)20-12-15-36(16-13-20)28(38)40-30(4,5)6/h7-11,14,17,19-20,35H,12-13,15-16,18H2,1-6H3,(H2,33,34,37). The van der Waals surface area contributed by atoms with Gasteiger partial charge in [-0.1, -0.05) is 6.07 Å². The van der Waals surface area contributed by atoms with Gasteiger partial charge in [0.2, 0.25) is 0 Å². The van der Waals surface area contributed by atoms with Gasteiger partial charge in [0.1, 0.15) is 5.60 Å². The van der Waals surface area contributed by atoms with Crippen molar-refractivity contribution in [1.29, 1.82) is 0 Å². The first-order valence-electron chi connectivity index (χ1n) is 14.0. The van der Waals surface area contributed by atoms with Crippen molar-refractivity contribution >= 4 is 40.5 Å². The highest BCUT2D eigenvalue weighted by atomic mass is 32.2. The number of rotatable bonds is 7. The van der Waals surface area contributed by atoms with Gasteiger partial charge in [-0.3, -0.25) is 4.98 Å². The SMILES string of the molecule is CC(C)(C)N[S+]([O-])c1cc(NC(=O)NCc2ccccn2)ccc1-c1cnc(C2CCN(C(=O)OC(C)(C)C)CC2)s1. The molecule has 1 saturated heterocycles. The molecule has 0 bridgehead atoms. The minimum Gasteiger partial charge on any atom is -0.593 e. The van der Waals surface area contributed by atoms with Crippen LogP contribution in [0.1, 0.15) is 71.0 Å². The number of carbonyl (C=O) groups excluding carboxylic acids is 2. The molecule has 0 spiro atoms. The molecule has 3 N–H and O–H groups in total. The zero-order chi connectivity index (χ0) is 30.5. The molecule has 1 unspecified atom stereocenters. The van der Waals surface area contributed by atoms with Crippen molar-refractivity contribution in [2.75, 3.05) is 18.4 Å². The van der Waals surface area contributed by atoms with E-state index in [-0.39, 0.29) is 24.6 Å². The Hall–Kier alpha value is -3.19. The van der Waals surface area contributed by atoms with Crippen LogP contribution >= 0.6 is 11.3 Å². The Morgan fingerprint density at radius 1 is 1.10 bits per heavy atom. The molecular weight excluding hydrogens is 573 g/mol. The Labute approximate surface area is 255 Å². The molecule has 1 aliphatic heterocycles. The highest BCUT2D eigenvalue weighted by Crippen LogP contribution is 2.38. The summed E-state index contributed by atoms with van der Waals surface area (Å²) in [6.45, 7) is 13.0. The summed E-state index contributed by atoms with van der Waals surface area (Å²) in [6, 6.07) is 10.5. The first kappa shape index (κ1) is 31.7. The van der Waals surface area contributed by atoms with Gasteiger partial charge in [0.15, 0.2) is 4.90 Å². The number of nitrogens with zero attached hydrogens (tertiary/aromatic N) is 3. The number of hydrogen-bond donors (Lipinski definition) is 3. The Balaban J connectivity index is 1.48. The van der Waals surface area contributed by atoms with Crippen LogP contribution in [0, 0.1) is 0 Å². The maximum absolute atomic E-state index is 13.5. The molecule has 12 heteroatoms. The van der Waals surface area contributed by atoms with Gasteiger partial charge in [0.05, 0.1) is 44.6 Å². The number of anilines is 1. The number of nitrogens with one attached hydrogen (secondary N) is 3. The molecule has 0 radical (unpaired) electrons. The number of piperidine rings is 1. The fourth-order valence-electron chi connectivity index (χ4n) is 4.38. The second-order valence-corrected chi connectivity index (χ2v) is 14.5. The number of benzene rings is 1. The summed E-state index contributed by atoms with van der Waals surface area (Å²) in [5, 5.41) is 6.63. The molecule has 10 nitrogen and oxygen atoms in total. The van der Waals surface area contributed by atoms with E-state index in [9.17, 15) is 14.1 Å². The van der Waals surface area contributed by atoms with Crippen LogP contribution in [0.25, 0.3) is 10.4 Å². The number of likely N-dealkylation sites (tertiary alicyclic amines) is 1. The molecule has 0 saturated carbocycles. The van der Waals surface area contributed by atoms with Crippen molar-refractivity contribution in [2.45, 2.75) is 82.9 Å². The van der Waals surface area contributed by atoms with Crippen molar-refractivity contribution in [2.24, 2.45) is 0 Å². The van der Waals surface area contributed by atoms with E-state index in [1.165, 1.54) is 0 Å². The normalized spacial score (nSPS) is 15.3. The molecule has 1 fully saturated rings. The van der Waals surface area contributed by atoms with Crippen LogP contribution in [-0.2, 0) is 22.6 Å². The van der Waals surface area contributed by atoms with Crippen LogP contribution < -0.4 is 15.4 Å². The predicted molar refractivity (Wildman–Crippen MR) is 167 cm³/mol. The monoisotopic (exact) mass is 612 g/mol. The molecule has 3 aromatic rings. The first-order valence-corrected chi connectivity index (χ1v) is 16.0. The van der Waals surface area contributed by atoms with Crippen LogP contribution in [-0.4, -0.2) is 55.8 Å². The summed E-state index contributed by atoms with van der Waals surface area (Å²) in [6.07, 6.45) is 4.81. The molecule has 1 aromatic carbocycles. The second kappa shape index (κ2) is 13.4. The maximum atomic E-state index is 13.5. The minimum absolute atomic E-state index is 0.229. The van der Waals surface area contributed by atoms with Crippen LogP contribution in [0.3, 0.4) is 0 Å². The Morgan fingerprint density at radius 3 is 2.48 bits per heavy atom. The number of pyridine rings is 1. The number of hydrogen-bond acceptors (Lipinski definition) is 8. The largest absolute Gasteiger partial charge is 0.593 e. The topological polar surface area (TPSA) is 132 Å². The Bertz CT molecular complexity index is 1360. The van der Waals surface area contributed by atoms with E-state index in [0.29, 0.717) is 23.7 Å². The lowest BCUT2D eigenvalue weighted by atomic mass is 9.98. The van der Waals surface area contributed by atoms with Crippen molar-refractivity contribution in [3.05, 3.63) is 59.5 Å². The van der Waals surface area contributed by atoms with Crippen LogP contribution in [0.5, 0.6) is 0 Å². The Morgan fingerprint density at radius 2 is 1.83 bits per heavy atom. The Kier molecular flexibility index (Phi) is 10.1. The average Bonchev–Trinajstić information content (AvgIpc) is 3.41. The zero-order valence-corrected chi connectivity index (χ0v) is 26.7. The third-order valence-corrected chi connectivity index (χ3v) is 9.01. The number of aromatic nitrogens is 2. The maximum Gasteiger partial charge on any atom is 0.410 e. The summed E-state index contributed by atoms with van der Waals surface area (Å²) < 4.78 is 22.2. The smallest absolute Gasteiger partial charge is 0.410 e. The lowest BCUT2D eigenvalue weighted by molar-refractivity contribution is 0.0204. The summed E-state index contributed by atoms with van der Waals surface area (Å²) in [7, 11) is 0. The van der Waals surface area contributed by atoms with Gasteiger partial charge >= 0.3 is 12.1 Å². The summed E-state index contributed by atoms with van der Waals surface area (Å²) in [5.74, 6) is 0.229. The van der Waals surface area contributed by atoms with Gasteiger partial charge in [-0.25, -0.2) is 14.6 Å². The fraction of sp³-hybridized carbons (Fsp3) is 0.467. The van der Waals surface area contributed by atoms with Crippen LogP contribution in [0.2, 0.25) is 0 Å². The van der Waals surface area contributed by atoms with Gasteiger partial charge in [-0.05, 0) is 78.6 Å². The van der Waals surface area contributed by atoms with Crippen molar-refractivity contribution in [3.8, 4) is 10.4 Å². The zero-order valence-electron chi connectivity index (χ0n) is 25.0. The number of ether oxygens (including phenoxy) is 1. The third-order valence-electron chi connectivity index (χ3n) is 6.28. The van der Waals surface area contributed by atoms with Gasteiger partial charge in [0.25, 0.3) is 0 Å². The molecule has 1 aliphatic rings. The van der Waals surface area contributed by atoms with Crippen LogP contribution in [0.4, 0.5) is 15.3 Å². The summed E-state index contributed by atoms with van der Waals surface area (Å²) >= 11 is 0.0241. The van der Waals surface area contributed by atoms with E-state index in [1.807, 2.05) is 72.0 Å². The van der Waals surface area contributed by atoms with Gasteiger partial charge in [-0.2, -0.15) is 0 Å². The van der Waals surface area contributed by atoms with Crippen LogP contribution in [0.15, 0.2) is 53.7 Å². The van der Waals surface area contributed by atoms with E-state index < -0.39 is 22.5 Å². The molecular formula is C30H40N6O4S2. The number of urea groups is 1. The second-order valence-electron chi connectivity index (χ2n) is 12.3.